The molecule has 2 nitrogen and oxygen atoms in total. The molecule has 0 fully saturated rings. The summed E-state index contributed by atoms with van der Waals surface area (Å²) >= 11 is 0. The van der Waals surface area contributed by atoms with Gasteiger partial charge in [-0.25, -0.2) is 0 Å². The maximum atomic E-state index is 2.44. The fourth-order valence-corrected chi connectivity index (χ4v) is 8.92. The first kappa shape index (κ1) is 38.6. The third-order valence-electron chi connectivity index (χ3n) is 12.0. The number of anilines is 6. The van der Waals surface area contributed by atoms with Gasteiger partial charge < -0.3 is 9.80 Å². The average molecular weight is 777 g/mol. The summed E-state index contributed by atoms with van der Waals surface area (Å²) in [4.78, 5) is 4.88. The highest BCUT2D eigenvalue weighted by Gasteiger charge is 2.22. The summed E-state index contributed by atoms with van der Waals surface area (Å²) in [6, 6.07) is 72.1. The highest BCUT2D eigenvalue weighted by Crippen LogP contribution is 2.48. The monoisotopic (exact) mass is 776 g/mol. The van der Waals surface area contributed by atoms with Gasteiger partial charge in [0.2, 0.25) is 0 Å². The van der Waals surface area contributed by atoms with Crippen LogP contribution in [0.3, 0.4) is 0 Å². The highest BCUT2D eigenvalue weighted by atomic mass is 15.1. The Morgan fingerprint density at radius 3 is 0.900 bits per heavy atom. The second-order valence-electron chi connectivity index (χ2n) is 15.7. The van der Waals surface area contributed by atoms with Crippen LogP contribution in [0.15, 0.2) is 194 Å². The largest absolute Gasteiger partial charge is 0.310 e. The standard InChI is InChI=1S/C58H52N2/c1-5-41-33-42(6-2)36-51(35-41)59(47-25-17-11-18-26-47)49-29-31-53-55(39-49)57(45-21-13-9-14-22-45)54-32-30-50(40-56(54)58(53)46-23-15-10-16-24-46)60(48-27-19-12-20-28-48)52-37-43(7-3)34-44(8-4)38-52/h9-40H,5-8H2,1-4H3. The van der Waals surface area contributed by atoms with E-state index in [0.29, 0.717) is 0 Å². The van der Waals surface area contributed by atoms with Crippen molar-refractivity contribution in [1.82, 2.24) is 0 Å². The maximum Gasteiger partial charge on any atom is 0.0468 e. The van der Waals surface area contributed by atoms with Crippen LogP contribution in [0.5, 0.6) is 0 Å². The van der Waals surface area contributed by atoms with Crippen LogP contribution in [0.25, 0.3) is 43.8 Å². The fraction of sp³-hybridized carbons (Fsp3) is 0.138. The van der Waals surface area contributed by atoms with E-state index in [-0.39, 0.29) is 0 Å². The van der Waals surface area contributed by atoms with Crippen LogP contribution in [-0.2, 0) is 25.7 Å². The van der Waals surface area contributed by atoms with Crippen LogP contribution < -0.4 is 9.80 Å². The minimum Gasteiger partial charge on any atom is -0.310 e. The number of hydrogen-bond acceptors (Lipinski definition) is 2. The number of rotatable bonds is 12. The Hall–Kier alpha value is -6.90. The van der Waals surface area contributed by atoms with Gasteiger partial charge in [-0.1, -0.05) is 149 Å². The number of benzene rings is 9. The Balaban J connectivity index is 1.36. The fourth-order valence-electron chi connectivity index (χ4n) is 8.92. The zero-order valence-electron chi connectivity index (χ0n) is 35.2. The lowest BCUT2D eigenvalue weighted by molar-refractivity contribution is 1.08. The zero-order valence-corrected chi connectivity index (χ0v) is 35.2. The number of aryl methyl sites for hydroxylation is 4. The van der Waals surface area contributed by atoms with Crippen LogP contribution in [0.1, 0.15) is 49.9 Å². The third kappa shape index (κ3) is 7.46. The van der Waals surface area contributed by atoms with E-state index in [0.717, 1.165) is 48.4 Å². The molecule has 0 spiro atoms. The minimum atomic E-state index is 0.985. The lowest BCUT2D eigenvalue weighted by Gasteiger charge is -2.29. The van der Waals surface area contributed by atoms with E-state index >= 15 is 0 Å². The van der Waals surface area contributed by atoms with E-state index in [4.69, 9.17) is 0 Å². The molecule has 0 saturated heterocycles. The maximum absolute atomic E-state index is 2.44. The molecule has 0 radical (unpaired) electrons. The van der Waals surface area contributed by atoms with Gasteiger partial charge in [0.25, 0.3) is 0 Å². The van der Waals surface area contributed by atoms with E-state index in [2.05, 4.69) is 232 Å². The Morgan fingerprint density at radius 1 is 0.267 bits per heavy atom. The molecule has 9 aromatic rings. The van der Waals surface area contributed by atoms with Gasteiger partial charge in [-0.2, -0.15) is 0 Å². The first-order valence-corrected chi connectivity index (χ1v) is 21.7. The Labute approximate surface area is 356 Å². The summed E-state index contributed by atoms with van der Waals surface area (Å²) in [5.41, 5.74) is 17.2. The molecule has 0 saturated carbocycles. The molecule has 0 aliphatic rings. The van der Waals surface area contributed by atoms with Crippen molar-refractivity contribution in [2.24, 2.45) is 0 Å². The van der Waals surface area contributed by atoms with E-state index in [1.165, 1.54) is 77.4 Å². The first-order valence-electron chi connectivity index (χ1n) is 21.7. The smallest absolute Gasteiger partial charge is 0.0468 e. The summed E-state index contributed by atoms with van der Waals surface area (Å²) < 4.78 is 0. The van der Waals surface area contributed by atoms with Crippen molar-refractivity contribution in [3.05, 3.63) is 216 Å². The molecule has 0 aliphatic heterocycles. The predicted molar refractivity (Wildman–Crippen MR) is 259 cm³/mol. The normalized spacial score (nSPS) is 11.3. The second kappa shape index (κ2) is 17.1. The second-order valence-corrected chi connectivity index (χ2v) is 15.7. The third-order valence-corrected chi connectivity index (χ3v) is 12.0. The molecular weight excluding hydrogens is 725 g/mol. The van der Waals surface area contributed by atoms with Gasteiger partial charge in [0.05, 0.1) is 0 Å². The van der Waals surface area contributed by atoms with Crippen molar-refractivity contribution in [3.63, 3.8) is 0 Å². The number of para-hydroxylation sites is 2. The van der Waals surface area contributed by atoms with Gasteiger partial charge in [0.15, 0.2) is 0 Å². The topological polar surface area (TPSA) is 6.48 Å². The molecule has 9 aromatic carbocycles. The number of fused-ring (bicyclic) bond motifs is 2. The van der Waals surface area contributed by atoms with Crippen molar-refractivity contribution >= 4 is 55.7 Å². The summed E-state index contributed by atoms with van der Waals surface area (Å²) in [6.07, 6.45) is 3.94. The van der Waals surface area contributed by atoms with Crippen molar-refractivity contribution in [1.29, 1.82) is 0 Å². The lowest BCUT2D eigenvalue weighted by Crippen LogP contribution is -2.11. The van der Waals surface area contributed by atoms with Gasteiger partial charge in [-0.05, 0) is 165 Å². The Kier molecular flexibility index (Phi) is 11.0. The molecule has 0 amide bonds. The summed E-state index contributed by atoms with van der Waals surface area (Å²) in [7, 11) is 0. The van der Waals surface area contributed by atoms with Crippen LogP contribution in [0.2, 0.25) is 0 Å². The zero-order chi connectivity index (χ0) is 41.0. The van der Waals surface area contributed by atoms with Gasteiger partial charge in [0.1, 0.15) is 0 Å². The van der Waals surface area contributed by atoms with E-state index in [9.17, 15) is 0 Å². The predicted octanol–water partition coefficient (Wildman–Crippen LogP) is 16.5. The van der Waals surface area contributed by atoms with Gasteiger partial charge in [-0.3, -0.25) is 0 Å². The van der Waals surface area contributed by atoms with Crippen LogP contribution in [0.4, 0.5) is 34.1 Å². The first-order chi connectivity index (χ1) is 29.6. The highest BCUT2D eigenvalue weighted by molar-refractivity contribution is 6.22. The SMILES string of the molecule is CCc1cc(CC)cc(N(c2ccccc2)c2ccc3c(-c4ccccc4)c4cc(N(c5ccccc5)c5cc(CC)cc(CC)c5)ccc4c(-c4ccccc4)c3c2)c1. The number of hydrogen-bond donors (Lipinski definition) is 0. The quantitative estimate of drug-likeness (QED) is 0.114. The molecular formula is C58H52N2. The van der Waals surface area contributed by atoms with Gasteiger partial charge in [-0.15, -0.1) is 0 Å². The average Bonchev–Trinajstić information content (AvgIpc) is 3.31. The van der Waals surface area contributed by atoms with Crippen molar-refractivity contribution < 1.29 is 0 Å². The number of nitrogens with zero attached hydrogens (tertiary/aromatic N) is 2. The van der Waals surface area contributed by atoms with Crippen molar-refractivity contribution in [3.8, 4) is 22.3 Å². The molecule has 0 aliphatic carbocycles. The Bertz CT molecular complexity index is 2650. The van der Waals surface area contributed by atoms with Gasteiger partial charge >= 0.3 is 0 Å². The van der Waals surface area contributed by atoms with Crippen LogP contribution >= 0.6 is 0 Å². The molecule has 0 bridgehead atoms. The van der Waals surface area contributed by atoms with Crippen molar-refractivity contribution in [2.45, 2.75) is 53.4 Å². The van der Waals surface area contributed by atoms with Crippen LogP contribution in [-0.4, -0.2) is 0 Å². The molecule has 0 aromatic heterocycles. The summed E-state index contributed by atoms with van der Waals surface area (Å²) in [5.74, 6) is 0. The molecule has 0 heterocycles. The molecule has 294 valence electrons. The van der Waals surface area contributed by atoms with Crippen molar-refractivity contribution in [2.75, 3.05) is 9.80 Å². The molecule has 60 heavy (non-hydrogen) atoms. The minimum absolute atomic E-state index is 0.985. The molecule has 2 heteroatoms. The molecule has 0 N–H and O–H groups in total. The van der Waals surface area contributed by atoms with E-state index < -0.39 is 0 Å². The Morgan fingerprint density at radius 2 is 0.583 bits per heavy atom. The molecule has 9 rings (SSSR count). The van der Waals surface area contributed by atoms with Gasteiger partial charge in [0, 0.05) is 34.1 Å². The summed E-state index contributed by atoms with van der Waals surface area (Å²) in [5, 5.41) is 4.91. The lowest BCUT2D eigenvalue weighted by atomic mass is 9.85. The molecule has 0 unspecified atom stereocenters. The van der Waals surface area contributed by atoms with E-state index in [1.807, 2.05) is 0 Å². The van der Waals surface area contributed by atoms with E-state index in [1.54, 1.807) is 0 Å². The van der Waals surface area contributed by atoms with Crippen LogP contribution in [0, 0.1) is 0 Å². The summed E-state index contributed by atoms with van der Waals surface area (Å²) in [6.45, 7) is 9.00. The molecule has 0 atom stereocenters.